The van der Waals surface area contributed by atoms with Gasteiger partial charge < -0.3 is 5.32 Å². The second-order valence-electron chi connectivity index (χ2n) is 7.65. The predicted molar refractivity (Wildman–Crippen MR) is 125 cm³/mol. The number of aromatic amines is 1. The van der Waals surface area contributed by atoms with Crippen LogP contribution in [0, 0.1) is 20.8 Å². The SMILES string of the molecule is Cc1ccc(-c2csc(-n3[nH]c(C)c(CCC(=O)Nc4cccc(C)c4)c3=O)n2)cc1. The number of anilines is 1. The first kappa shape index (κ1) is 20.8. The molecule has 0 aliphatic carbocycles. The Morgan fingerprint density at radius 2 is 1.87 bits per heavy atom. The van der Waals surface area contributed by atoms with E-state index < -0.39 is 0 Å². The van der Waals surface area contributed by atoms with Crippen LogP contribution in [-0.4, -0.2) is 20.7 Å². The number of hydrogen-bond donors (Lipinski definition) is 2. The fraction of sp³-hybridized carbons (Fsp3) is 0.208. The number of thiazole rings is 1. The smallest absolute Gasteiger partial charge is 0.276 e. The van der Waals surface area contributed by atoms with Gasteiger partial charge in [-0.1, -0.05) is 42.0 Å². The number of hydrogen-bond acceptors (Lipinski definition) is 4. The van der Waals surface area contributed by atoms with E-state index in [9.17, 15) is 9.59 Å². The van der Waals surface area contributed by atoms with Crippen LogP contribution in [0.5, 0.6) is 0 Å². The molecule has 0 atom stereocenters. The summed E-state index contributed by atoms with van der Waals surface area (Å²) in [6.45, 7) is 5.87. The summed E-state index contributed by atoms with van der Waals surface area (Å²) in [6.07, 6.45) is 0.594. The molecule has 2 aromatic heterocycles. The molecule has 0 bridgehead atoms. The Balaban J connectivity index is 1.48. The van der Waals surface area contributed by atoms with Crippen molar-refractivity contribution in [3.8, 4) is 16.4 Å². The normalized spacial score (nSPS) is 10.9. The lowest BCUT2D eigenvalue weighted by molar-refractivity contribution is -0.116. The van der Waals surface area contributed by atoms with E-state index in [1.807, 2.05) is 74.7 Å². The molecule has 0 radical (unpaired) electrons. The summed E-state index contributed by atoms with van der Waals surface area (Å²) < 4.78 is 1.46. The first-order valence-corrected chi connectivity index (χ1v) is 11.0. The molecular formula is C24H24N4O2S. The summed E-state index contributed by atoms with van der Waals surface area (Å²) >= 11 is 1.41. The molecule has 0 aliphatic heterocycles. The first-order chi connectivity index (χ1) is 14.9. The second-order valence-corrected chi connectivity index (χ2v) is 8.49. The third-order valence-corrected chi connectivity index (χ3v) is 5.95. The number of nitrogens with one attached hydrogen (secondary N) is 2. The van der Waals surface area contributed by atoms with Gasteiger partial charge >= 0.3 is 0 Å². The predicted octanol–water partition coefficient (Wildman–Crippen LogP) is 4.79. The lowest BCUT2D eigenvalue weighted by Gasteiger charge is -2.05. The summed E-state index contributed by atoms with van der Waals surface area (Å²) in [5, 5.41) is 8.52. The van der Waals surface area contributed by atoms with Gasteiger partial charge in [-0.2, -0.15) is 4.68 Å². The van der Waals surface area contributed by atoms with Crippen LogP contribution in [-0.2, 0) is 11.2 Å². The van der Waals surface area contributed by atoms with Crippen molar-refractivity contribution < 1.29 is 4.79 Å². The molecule has 31 heavy (non-hydrogen) atoms. The number of H-pyrrole nitrogens is 1. The van der Waals surface area contributed by atoms with Gasteiger partial charge in [0.15, 0.2) is 0 Å². The molecule has 2 heterocycles. The zero-order valence-electron chi connectivity index (χ0n) is 17.7. The zero-order chi connectivity index (χ0) is 22.0. The Labute approximate surface area is 184 Å². The maximum absolute atomic E-state index is 13.0. The van der Waals surface area contributed by atoms with E-state index in [2.05, 4.69) is 15.4 Å². The van der Waals surface area contributed by atoms with E-state index >= 15 is 0 Å². The lowest BCUT2D eigenvalue weighted by atomic mass is 10.1. The van der Waals surface area contributed by atoms with Crippen molar-refractivity contribution in [2.24, 2.45) is 0 Å². The molecule has 0 saturated heterocycles. The molecule has 0 aliphatic rings. The fourth-order valence-corrected chi connectivity index (χ4v) is 4.21. The molecule has 4 rings (SSSR count). The summed E-state index contributed by atoms with van der Waals surface area (Å²) in [5.41, 5.74) is 6.06. The van der Waals surface area contributed by atoms with Gasteiger partial charge in [-0.05, 0) is 44.9 Å². The number of aryl methyl sites for hydroxylation is 3. The van der Waals surface area contributed by atoms with Crippen molar-refractivity contribution in [2.45, 2.75) is 33.6 Å². The molecule has 158 valence electrons. The highest BCUT2D eigenvalue weighted by molar-refractivity contribution is 7.12. The van der Waals surface area contributed by atoms with Crippen molar-refractivity contribution in [1.29, 1.82) is 0 Å². The van der Waals surface area contributed by atoms with Crippen molar-refractivity contribution in [1.82, 2.24) is 14.8 Å². The van der Waals surface area contributed by atoms with E-state index in [-0.39, 0.29) is 17.9 Å². The maximum Gasteiger partial charge on any atom is 0.276 e. The van der Waals surface area contributed by atoms with Crippen LogP contribution >= 0.6 is 11.3 Å². The molecular weight excluding hydrogens is 408 g/mol. The number of benzene rings is 2. The van der Waals surface area contributed by atoms with Crippen LogP contribution < -0.4 is 10.9 Å². The van der Waals surface area contributed by atoms with Crippen LogP contribution in [0.25, 0.3) is 16.4 Å². The Kier molecular flexibility index (Phi) is 5.86. The van der Waals surface area contributed by atoms with Crippen molar-refractivity contribution >= 4 is 22.9 Å². The minimum atomic E-state index is -0.161. The summed E-state index contributed by atoms with van der Waals surface area (Å²) in [5.74, 6) is -0.118. The van der Waals surface area contributed by atoms with Gasteiger partial charge in [-0.15, -0.1) is 11.3 Å². The zero-order valence-corrected chi connectivity index (χ0v) is 18.5. The molecule has 1 amide bonds. The van der Waals surface area contributed by atoms with Gasteiger partial charge in [0.1, 0.15) is 0 Å². The first-order valence-electron chi connectivity index (χ1n) is 10.1. The number of nitrogens with zero attached hydrogens (tertiary/aromatic N) is 2. The number of amides is 1. The minimum Gasteiger partial charge on any atom is -0.326 e. The van der Waals surface area contributed by atoms with Gasteiger partial charge in [0, 0.05) is 34.3 Å². The highest BCUT2D eigenvalue weighted by atomic mass is 32.1. The van der Waals surface area contributed by atoms with E-state index in [4.69, 9.17) is 0 Å². The Hall–Kier alpha value is -3.45. The monoisotopic (exact) mass is 432 g/mol. The van der Waals surface area contributed by atoms with Gasteiger partial charge in [-0.25, -0.2) is 4.98 Å². The summed E-state index contributed by atoms with van der Waals surface area (Å²) in [6, 6.07) is 15.8. The summed E-state index contributed by atoms with van der Waals surface area (Å²) in [7, 11) is 0. The number of aromatic nitrogens is 3. The van der Waals surface area contributed by atoms with Gasteiger partial charge in [0.05, 0.1) is 5.69 Å². The second kappa shape index (κ2) is 8.73. The maximum atomic E-state index is 13.0. The number of rotatable bonds is 6. The molecule has 0 unspecified atom stereocenters. The number of carbonyl (C=O) groups is 1. The van der Waals surface area contributed by atoms with Gasteiger partial charge in [0.25, 0.3) is 5.56 Å². The van der Waals surface area contributed by atoms with Crippen molar-refractivity contribution in [3.63, 3.8) is 0 Å². The highest BCUT2D eigenvalue weighted by Gasteiger charge is 2.16. The lowest BCUT2D eigenvalue weighted by Crippen LogP contribution is -2.19. The fourth-order valence-electron chi connectivity index (χ4n) is 3.42. The van der Waals surface area contributed by atoms with E-state index in [0.29, 0.717) is 17.1 Å². The van der Waals surface area contributed by atoms with E-state index in [1.54, 1.807) is 0 Å². The van der Waals surface area contributed by atoms with Crippen LogP contribution in [0.4, 0.5) is 5.69 Å². The van der Waals surface area contributed by atoms with Crippen LogP contribution in [0.15, 0.2) is 58.7 Å². The average molecular weight is 433 g/mol. The van der Waals surface area contributed by atoms with E-state index in [0.717, 1.165) is 28.2 Å². The molecule has 0 spiro atoms. The Morgan fingerprint density at radius 1 is 1.10 bits per heavy atom. The standard InChI is InChI=1S/C24H24N4O2S/c1-15-7-9-18(10-8-15)21-14-31-24(26-21)28-23(30)20(17(3)27-28)11-12-22(29)25-19-6-4-5-16(2)13-19/h4-10,13-14,27H,11-12H2,1-3H3,(H,25,29). The van der Waals surface area contributed by atoms with E-state index in [1.165, 1.54) is 21.6 Å². The molecule has 2 N–H and O–H groups in total. The van der Waals surface area contributed by atoms with Crippen LogP contribution in [0.2, 0.25) is 0 Å². The third kappa shape index (κ3) is 4.67. The van der Waals surface area contributed by atoms with Crippen molar-refractivity contribution in [2.75, 3.05) is 5.32 Å². The quantitative estimate of drug-likeness (QED) is 0.460. The van der Waals surface area contributed by atoms with Gasteiger partial charge in [0.2, 0.25) is 11.0 Å². The third-order valence-electron chi connectivity index (χ3n) is 5.13. The highest BCUT2D eigenvalue weighted by Crippen LogP contribution is 2.24. The molecule has 4 aromatic rings. The van der Waals surface area contributed by atoms with Crippen LogP contribution in [0.1, 0.15) is 28.8 Å². The molecule has 6 nitrogen and oxygen atoms in total. The Morgan fingerprint density at radius 3 is 2.61 bits per heavy atom. The summed E-state index contributed by atoms with van der Waals surface area (Å²) in [4.78, 5) is 29.9. The van der Waals surface area contributed by atoms with Crippen molar-refractivity contribution in [3.05, 3.63) is 86.6 Å². The Bertz CT molecular complexity index is 1280. The molecule has 7 heteroatoms. The minimum absolute atomic E-state index is 0.118. The molecule has 0 saturated carbocycles. The van der Waals surface area contributed by atoms with Crippen LogP contribution in [0.3, 0.4) is 0 Å². The average Bonchev–Trinajstić information content (AvgIpc) is 3.32. The largest absolute Gasteiger partial charge is 0.326 e. The molecule has 0 fully saturated rings. The number of carbonyl (C=O) groups excluding carboxylic acids is 1. The topological polar surface area (TPSA) is 79.8 Å². The van der Waals surface area contributed by atoms with Gasteiger partial charge in [-0.3, -0.25) is 14.7 Å². The molecule has 2 aromatic carbocycles.